The van der Waals surface area contributed by atoms with Gasteiger partial charge in [0.1, 0.15) is 5.75 Å². The van der Waals surface area contributed by atoms with E-state index in [1.807, 2.05) is 65.3 Å². The molecule has 1 fully saturated rings. The second-order valence-corrected chi connectivity index (χ2v) is 7.25. The molecule has 3 rings (SSSR count). The Kier molecular flexibility index (Phi) is 6.69. The van der Waals surface area contributed by atoms with Crippen LogP contribution in [-0.4, -0.2) is 54.9 Å². The maximum absolute atomic E-state index is 12.8. The second-order valence-electron chi connectivity index (χ2n) is 7.25. The van der Waals surface area contributed by atoms with Gasteiger partial charge in [-0.25, -0.2) is 0 Å². The monoisotopic (exact) mass is 380 g/mol. The quantitative estimate of drug-likeness (QED) is 0.800. The molecule has 0 aliphatic carbocycles. The van der Waals surface area contributed by atoms with Gasteiger partial charge in [0.05, 0.1) is 7.11 Å². The predicted octanol–water partition coefficient (Wildman–Crippen LogP) is 3.31. The van der Waals surface area contributed by atoms with E-state index in [0.29, 0.717) is 39.0 Å². The molecule has 2 aromatic carbocycles. The molecule has 1 aliphatic rings. The number of nitrogens with zero attached hydrogens (tertiary/aromatic N) is 2. The smallest absolute Gasteiger partial charge is 0.253 e. The van der Waals surface area contributed by atoms with Crippen molar-refractivity contribution in [1.82, 2.24) is 9.80 Å². The van der Waals surface area contributed by atoms with Crippen LogP contribution in [0.5, 0.6) is 5.75 Å². The Morgan fingerprint density at radius 3 is 2.50 bits per heavy atom. The van der Waals surface area contributed by atoms with Crippen molar-refractivity contribution in [2.24, 2.45) is 0 Å². The Labute approximate surface area is 166 Å². The summed E-state index contributed by atoms with van der Waals surface area (Å²) in [6.45, 7) is 4.55. The Balaban J connectivity index is 1.54. The van der Waals surface area contributed by atoms with Gasteiger partial charge in [-0.05, 0) is 49.6 Å². The largest absolute Gasteiger partial charge is 0.497 e. The number of rotatable bonds is 5. The van der Waals surface area contributed by atoms with Crippen LogP contribution in [0.1, 0.15) is 34.3 Å². The van der Waals surface area contributed by atoms with Gasteiger partial charge in [-0.3, -0.25) is 9.59 Å². The minimum absolute atomic E-state index is 0.0504. The van der Waals surface area contributed by atoms with Crippen molar-refractivity contribution in [3.63, 3.8) is 0 Å². The summed E-state index contributed by atoms with van der Waals surface area (Å²) >= 11 is 0. The number of hydrogen-bond acceptors (Lipinski definition) is 3. The van der Waals surface area contributed by atoms with Gasteiger partial charge in [-0.15, -0.1) is 0 Å². The van der Waals surface area contributed by atoms with Crippen LogP contribution in [0.25, 0.3) is 0 Å². The summed E-state index contributed by atoms with van der Waals surface area (Å²) in [5.41, 5.74) is 2.89. The SMILES string of the molecule is COc1cccc(CCC(=O)N2CCCN(C(=O)c3cccc(C)c3)CC2)c1. The lowest BCUT2D eigenvalue weighted by Crippen LogP contribution is -2.37. The first-order valence-electron chi connectivity index (χ1n) is 9.83. The summed E-state index contributed by atoms with van der Waals surface area (Å²) in [6, 6.07) is 15.5. The molecular formula is C23H28N2O3. The summed E-state index contributed by atoms with van der Waals surface area (Å²) in [4.78, 5) is 29.2. The molecule has 5 heteroatoms. The first-order valence-corrected chi connectivity index (χ1v) is 9.83. The summed E-state index contributed by atoms with van der Waals surface area (Å²) in [6.07, 6.45) is 1.97. The van der Waals surface area contributed by atoms with E-state index in [4.69, 9.17) is 4.74 Å². The van der Waals surface area contributed by atoms with Crippen LogP contribution >= 0.6 is 0 Å². The Hall–Kier alpha value is -2.82. The fourth-order valence-corrected chi connectivity index (χ4v) is 3.57. The molecule has 0 radical (unpaired) electrons. The third kappa shape index (κ3) is 5.12. The highest BCUT2D eigenvalue weighted by Gasteiger charge is 2.22. The topological polar surface area (TPSA) is 49.9 Å². The number of carbonyl (C=O) groups excluding carboxylic acids is 2. The number of benzene rings is 2. The van der Waals surface area contributed by atoms with Gasteiger partial charge in [0.25, 0.3) is 5.91 Å². The number of aryl methyl sites for hydroxylation is 2. The van der Waals surface area contributed by atoms with E-state index in [9.17, 15) is 9.59 Å². The second kappa shape index (κ2) is 9.40. The normalized spacial score (nSPS) is 14.5. The lowest BCUT2D eigenvalue weighted by atomic mass is 10.1. The molecule has 0 aromatic heterocycles. The maximum atomic E-state index is 12.8. The standard InChI is InChI=1S/C23H28N2O3/c1-18-6-3-8-20(16-18)23(27)25-13-5-12-24(14-15-25)22(26)11-10-19-7-4-9-21(17-19)28-2/h3-4,6-9,16-17H,5,10-15H2,1-2H3. The van der Waals surface area contributed by atoms with Crippen molar-refractivity contribution in [2.45, 2.75) is 26.2 Å². The van der Waals surface area contributed by atoms with Gasteiger partial charge in [-0.2, -0.15) is 0 Å². The van der Waals surface area contributed by atoms with Crippen molar-refractivity contribution in [3.05, 3.63) is 65.2 Å². The first-order chi connectivity index (χ1) is 13.6. The molecule has 2 aromatic rings. The van der Waals surface area contributed by atoms with Crippen molar-refractivity contribution in [2.75, 3.05) is 33.3 Å². The highest BCUT2D eigenvalue weighted by Crippen LogP contribution is 2.15. The zero-order valence-corrected chi connectivity index (χ0v) is 16.7. The average molecular weight is 380 g/mol. The molecule has 0 saturated carbocycles. The van der Waals surface area contributed by atoms with Gasteiger partial charge >= 0.3 is 0 Å². The molecule has 0 atom stereocenters. The van der Waals surface area contributed by atoms with Gasteiger partial charge < -0.3 is 14.5 Å². The van der Waals surface area contributed by atoms with E-state index in [2.05, 4.69) is 0 Å². The molecule has 148 valence electrons. The molecule has 1 aliphatic heterocycles. The third-order valence-corrected chi connectivity index (χ3v) is 5.16. The van der Waals surface area contributed by atoms with E-state index >= 15 is 0 Å². The van der Waals surface area contributed by atoms with E-state index in [1.54, 1.807) is 7.11 Å². The van der Waals surface area contributed by atoms with Crippen LogP contribution in [0.3, 0.4) is 0 Å². The van der Waals surface area contributed by atoms with Gasteiger partial charge in [0, 0.05) is 38.2 Å². The minimum Gasteiger partial charge on any atom is -0.497 e. The molecule has 0 bridgehead atoms. The van der Waals surface area contributed by atoms with Crippen LogP contribution < -0.4 is 4.74 Å². The van der Waals surface area contributed by atoms with Gasteiger partial charge in [0.2, 0.25) is 5.91 Å². The molecular weight excluding hydrogens is 352 g/mol. The van der Waals surface area contributed by atoms with E-state index in [-0.39, 0.29) is 11.8 Å². The Bertz CT molecular complexity index is 834. The predicted molar refractivity (Wildman–Crippen MR) is 110 cm³/mol. The number of hydrogen-bond donors (Lipinski definition) is 0. The third-order valence-electron chi connectivity index (χ3n) is 5.16. The summed E-state index contributed by atoms with van der Waals surface area (Å²) in [5, 5.41) is 0. The van der Waals surface area contributed by atoms with Gasteiger partial charge in [0.15, 0.2) is 0 Å². The lowest BCUT2D eigenvalue weighted by molar-refractivity contribution is -0.131. The summed E-state index contributed by atoms with van der Waals surface area (Å²) in [7, 11) is 1.64. The van der Waals surface area contributed by atoms with E-state index in [1.165, 1.54) is 0 Å². The van der Waals surface area contributed by atoms with Crippen LogP contribution in [0.2, 0.25) is 0 Å². The Morgan fingerprint density at radius 2 is 1.71 bits per heavy atom. The number of amides is 2. The highest BCUT2D eigenvalue weighted by molar-refractivity contribution is 5.94. The molecule has 1 saturated heterocycles. The van der Waals surface area contributed by atoms with Crippen molar-refractivity contribution in [3.8, 4) is 5.75 Å². The first kappa shape index (κ1) is 19.9. The number of methoxy groups -OCH3 is 1. The van der Waals surface area contributed by atoms with Crippen molar-refractivity contribution in [1.29, 1.82) is 0 Å². The van der Waals surface area contributed by atoms with Crippen LogP contribution in [0.15, 0.2) is 48.5 Å². The van der Waals surface area contributed by atoms with Crippen molar-refractivity contribution >= 4 is 11.8 Å². The highest BCUT2D eigenvalue weighted by atomic mass is 16.5. The zero-order valence-electron chi connectivity index (χ0n) is 16.7. The molecule has 0 spiro atoms. The van der Waals surface area contributed by atoms with Crippen LogP contribution in [0.4, 0.5) is 0 Å². The molecule has 5 nitrogen and oxygen atoms in total. The molecule has 0 unspecified atom stereocenters. The summed E-state index contributed by atoms with van der Waals surface area (Å²) < 4.78 is 5.24. The maximum Gasteiger partial charge on any atom is 0.253 e. The van der Waals surface area contributed by atoms with E-state index < -0.39 is 0 Å². The fourth-order valence-electron chi connectivity index (χ4n) is 3.57. The van der Waals surface area contributed by atoms with Gasteiger partial charge in [-0.1, -0.05) is 29.8 Å². The van der Waals surface area contributed by atoms with Crippen LogP contribution in [0, 0.1) is 6.92 Å². The summed E-state index contributed by atoms with van der Waals surface area (Å²) in [5.74, 6) is 1.01. The van der Waals surface area contributed by atoms with E-state index in [0.717, 1.165) is 28.9 Å². The number of ether oxygens (including phenoxy) is 1. The lowest BCUT2D eigenvalue weighted by Gasteiger charge is -2.22. The van der Waals surface area contributed by atoms with Crippen molar-refractivity contribution < 1.29 is 14.3 Å². The molecule has 0 N–H and O–H groups in total. The molecule has 2 amide bonds. The molecule has 28 heavy (non-hydrogen) atoms. The Morgan fingerprint density at radius 1 is 0.964 bits per heavy atom. The minimum atomic E-state index is 0.0504. The zero-order chi connectivity index (χ0) is 19.9. The average Bonchev–Trinajstić information content (AvgIpc) is 2.98. The number of carbonyl (C=O) groups is 2. The van der Waals surface area contributed by atoms with Crippen LogP contribution in [-0.2, 0) is 11.2 Å². The molecule has 1 heterocycles. The fraction of sp³-hybridized carbons (Fsp3) is 0.391.